The average Bonchev–Trinajstić information content (AvgIpc) is 2.70. The lowest BCUT2D eigenvalue weighted by molar-refractivity contribution is -0.123. The maximum absolute atomic E-state index is 12.1. The van der Waals surface area contributed by atoms with Gasteiger partial charge in [0.25, 0.3) is 0 Å². The molecule has 1 aliphatic heterocycles. The normalized spacial score (nSPS) is 19.2. The van der Waals surface area contributed by atoms with Crippen LogP contribution in [0.25, 0.3) is 0 Å². The topological polar surface area (TPSA) is 62.2 Å². The first-order chi connectivity index (χ1) is 9.95. The summed E-state index contributed by atoms with van der Waals surface area (Å²) in [5, 5.41) is 11.0. The highest BCUT2D eigenvalue weighted by Crippen LogP contribution is 2.27. The number of carbonyl (C=O) groups is 1. The van der Waals surface area contributed by atoms with Gasteiger partial charge in [-0.2, -0.15) is 5.10 Å². The van der Waals surface area contributed by atoms with Gasteiger partial charge in [-0.1, -0.05) is 20.8 Å². The van der Waals surface area contributed by atoms with E-state index in [1.165, 1.54) is 5.56 Å². The number of aryl methyl sites for hydroxylation is 2. The van der Waals surface area contributed by atoms with Crippen LogP contribution in [0.15, 0.2) is 0 Å². The molecule has 21 heavy (non-hydrogen) atoms. The van der Waals surface area contributed by atoms with E-state index in [4.69, 9.17) is 0 Å². The third-order valence-electron chi connectivity index (χ3n) is 3.99. The molecule has 2 N–H and O–H groups in total. The number of piperazine rings is 1. The van der Waals surface area contributed by atoms with Crippen LogP contribution < -0.4 is 15.5 Å². The molecule has 0 aromatic carbocycles. The number of aromatic nitrogens is 2. The van der Waals surface area contributed by atoms with Gasteiger partial charge in [0.2, 0.25) is 5.91 Å². The molecule has 0 spiro atoms. The van der Waals surface area contributed by atoms with Crippen LogP contribution in [-0.4, -0.2) is 40.9 Å². The predicted octanol–water partition coefficient (Wildman–Crippen LogP) is 0.941. The van der Waals surface area contributed by atoms with E-state index in [9.17, 15) is 4.79 Å². The zero-order chi connectivity index (χ0) is 15.6. The van der Waals surface area contributed by atoms with E-state index in [-0.39, 0.29) is 11.9 Å². The van der Waals surface area contributed by atoms with Crippen molar-refractivity contribution >= 4 is 11.7 Å². The number of hydrogen-bond donors (Lipinski definition) is 2. The molecule has 118 valence electrons. The van der Waals surface area contributed by atoms with E-state index in [1.54, 1.807) is 0 Å². The quantitative estimate of drug-likeness (QED) is 0.848. The molecular formula is C15H27N5O. The summed E-state index contributed by atoms with van der Waals surface area (Å²) in [6.45, 7) is 10.7. The van der Waals surface area contributed by atoms with E-state index >= 15 is 0 Å². The Labute approximate surface area is 126 Å². The van der Waals surface area contributed by atoms with E-state index in [2.05, 4.69) is 41.4 Å². The van der Waals surface area contributed by atoms with E-state index < -0.39 is 0 Å². The third kappa shape index (κ3) is 3.20. The van der Waals surface area contributed by atoms with Gasteiger partial charge in [0.15, 0.2) is 0 Å². The fourth-order valence-corrected chi connectivity index (χ4v) is 2.94. The molecule has 0 bridgehead atoms. The second-order valence-electron chi connectivity index (χ2n) is 5.96. The van der Waals surface area contributed by atoms with Crippen LogP contribution in [0.3, 0.4) is 0 Å². The lowest BCUT2D eigenvalue weighted by Crippen LogP contribution is -2.56. The maximum Gasteiger partial charge on any atom is 0.242 e. The van der Waals surface area contributed by atoms with Crippen molar-refractivity contribution in [2.75, 3.05) is 18.0 Å². The molecule has 1 unspecified atom stereocenters. The number of rotatable bonds is 5. The van der Waals surface area contributed by atoms with Crippen molar-refractivity contribution < 1.29 is 4.79 Å². The Bertz CT molecular complexity index is 508. The zero-order valence-corrected chi connectivity index (χ0v) is 13.7. The molecule has 2 heterocycles. The first-order valence-electron chi connectivity index (χ1n) is 7.75. The first kappa shape index (κ1) is 15.8. The standard InChI is InChI=1S/C15H27N5O/c1-6-13-14(21)16-7-8-20(13)15-12(9-17-10(2)3)11(4)18-19(15)5/h10,13,17H,6-9H2,1-5H3,(H,16,21). The van der Waals surface area contributed by atoms with Crippen molar-refractivity contribution in [2.45, 2.75) is 52.7 Å². The van der Waals surface area contributed by atoms with E-state index in [1.807, 2.05) is 18.7 Å². The van der Waals surface area contributed by atoms with Crippen molar-refractivity contribution in [1.82, 2.24) is 20.4 Å². The van der Waals surface area contributed by atoms with Gasteiger partial charge in [0, 0.05) is 38.3 Å². The fourth-order valence-electron chi connectivity index (χ4n) is 2.94. The van der Waals surface area contributed by atoms with Crippen molar-refractivity contribution in [2.24, 2.45) is 7.05 Å². The Morgan fingerprint density at radius 3 is 2.81 bits per heavy atom. The average molecular weight is 293 g/mol. The number of anilines is 1. The van der Waals surface area contributed by atoms with Gasteiger partial charge in [-0.3, -0.25) is 9.48 Å². The summed E-state index contributed by atoms with van der Waals surface area (Å²) in [6, 6.07) is 0.315. The van der Waals surface area contributed by atoms with Gasteiger partial charge in [0.05, 0.1) is 5.69 Å². The van der Waals surface area contributed by atoms with Gasteiger partial charge in [-0.25, -0.2) is 0 Å². The van der Waals surface area contributed by atoms with Gasteiger partial charge in [-0.15, -0.1) is 0 Å². The van der Waals surface area contributed by atoms with E-state index in [0.29, 0.717) is 12.6 Å². The molecular weight excluding hydrogens is 266 g/mol. The molecule has 6 heteroatoms. The zero-order valence-electron chi connectivity index (χ0n) is 13.7. The van der Waals surface area contributed by atoms with Gasteiger partial charge in [-0.05, 0) is 13.3 Å². The van der Waals surface area contributed by atoms with Crippen molar-refractivity contribution in [3.05, 3.63) is 11.3 Å². The molecule has 2 rings (SSSR count). The smallest absolute Gasteiger partial charge is 0.242 e. The predicted molar refractivity (Wildman–Crippen MR) is 84.4 cm³/mol. The van der Waals surface area contributed by atoms with Crippen LogP contribution in [-0.2, 0) is 18.4 Å². The van der Waals surface area contributed by atoms with Crippen molar-refractivity contribution in [3.8, 4) is 0 Å². The largest absolute Gasteiger partial charge is 0.353 e. The lowest BCUT2D eigenvalue weighted by atomic mass is 10.1. The molecule has 1 aromatic rings. The minimum atomic E-state index is -0.105. The molecule has 1 atom stereocenters. The molecule has 1 amide bonds. The highest BCUT2D eigenvalue weighted by molar-refractivity contribution is 5.86. The molecule has 1 aliphatic rings. The Balaban J connectivity index is 2.35. The summed E-state index contributed by atoms with van der Waals surface area (Å²) >= 11 is 0. The number of nitrogens with zero attached hydrogens (tertiary/aromatic N) is 3. The number of amides is 1. The highest BCUT2D eigenvalue weighted by Gasteiger charge is 2.32. The summed E-state index contributed by atoms with van der Waals surface area (Å²) in [4.78, 5) is 14.3. The van der Waals surface area contributed by atoms with Crippen LogP contribution >= 0.6 is 0 Å². The second kappa shape index (κ2) is 6.47. The second-order valence-corrected chi connectivity index (χ2v) is 5.96. The van der Waals surface area contributed by atoms with Gasteiger partial charge >= 0.3 is 0 Å². The monoisotopic (exact) mass is 293 g/mol. The van der Waals surface area contributed by atoms with Crippen LogP contribution in [0, 0.1) is 6.92 Å². The van der Waals surface area contributed by atoms with Crippen LogP contribution in [0.4, 0.5) is 5.82 Å². The lowest BCUT2D eigenvalue weighted by Gasteiger charge is -2.36. The SMILES string of the molecule is CCC1C(=O)NCCN1c1c(CNC(C)C)c(C)nn1C. The van der Waals surface area contributed by atoms with Crippen LogP contribution in [0.2, 0.25) is 0 Å². The summed E-state index contributed by atoms with van der Waals surface area (Å²) in [7, 11) is 1.96. The molecule has 0 radical (unpaired) electrons. The van der Waals surface area contributed by atoms with Crippen LogP contribution in [0.1, 0.15) is 38.4 Å². The number of hydrogen-bond acceptors (Lipinski definition) is 4. The fraction of sp³-hybridized carbons (Fsp3) is 0.733. The molecule has 1 fully saturated rings. The summed E-state index contributed by atoms with van der Waals surface area (Å²) in [5.41, 5.74) is 2.22. The summed E-state index contributed by atoms with van der Waals surface area (Å²) in [6.07, 6.45) is 0.799. The highest BCUT2D eigenvalue weighted by atomic mass is 16.2. The van der Waals surface area contributed by atoms with E-state index in [0.717, 1.165) is 31.0 Å². The Kier molecular flexibility index (Phi) is 4.88. The van der Waals surface area contributed by atoms with Crippen molar-refractivity contribution in [1.29, 1.82) is 0 Å². The number of carbonyl (C=O) groups excluding carboxylic acids is 1. The molecule has 1 saturated heterocycles. The number of nitrogens with one attached hydrogen (secondary N) is 2. The third-order valence-corrected chi connectivity index (χ3v) is 3.99. The Hall–Kier alpha value is -1.56. The summed E-state index contributed by atoms with van der Waals surface area (Å²) in [5.74, 6) is 1.19. The Morgan fingerprint density at radius 1 is 1.48 bits per heavy atom. The minimum absolute atomic E-state index is 0.105. The molecule has 0 saturated carbocycles. The molecule has 6 nitrogen and oxygen atoms in total. The summed E-state index contributed by atoms with van der Waals surface area (Å²) < 4.78 is 1.91. The Morgan fingerprint density at radius 2 is 2.19 bits per heavy atom. The molecule has 0 aliphatic carbocycles. The first-order valence-corrected chi connectivity index (χ1v) is 7.75. The van der Waals surface area contributed by atoms with Gasteiger partial charge in [0.1, 0.15) is 11.9 Å². The van der Waals surface area contributed by atoms with Crippen LogP contribution in [0.5, 0.6) is 0 Å². The molecule has 1 aromatic heterocycles. The maximum atomic E-state index is 12.1. The van der Waals surface area contributed by atoms with Crippen molar-refractivity contribution in [3.63, 3.8) is 0 Å². The minimum Gasteiger partial charge on any atom is -0.353 e. The van der Waals surface area contributed by atoms with Gasteiger partial charge < -0.3 is 15.5 Å².